The quantitative estimate of drug-likeness (QED) is 0.860. The minimum absolute atomic E-state index is 0.321. The second-order valence-corrected chi connectivity index (χ2v) is 6.90. The molecule has 0 saturated carbocycles. The standard InChI is InChI=1S/C14H18O2.C7H6FNO/c1-9(2)10-5-6-12-11(7-10)8-13(15)14(3,4)16-12;8-6-3-1-5(2-4-6)7(9)10/h5-7,13,15H,1,8H2,2-4H3;1-4H,(H2,9,10)/t13-;/m1./s1. The first-order valence-electron chi connectivity index (χ1n) is 8.31. The maximum Gasteiger partial charge on any atom is 0.248 e. The molecule has 0 saturated heterocycles. The average Bonchev–Trinajstić information content (AvgIpc) is 2.56. The number of fused-ring (bicyclic) bond motifs is 1. The maximum atomic E-state index is 12.2. The molecule has 0 aromatic heterocycles. The molecule has 2 aromatic rings. The number of benzene rings is 2. The number of carbonyl (C=O) groups excluding carboxylic acids is 1. The van der Waals surface area contributed by atoms with Gasteiger partial charge in [-0.1, -0.05) is 18.2 Å². The molecule has 0 aliphatic carbocycles. The van der Waals surface area contributed by atoms with E-state index in [1.165, 1.54) is 24.3 Å². The number of nitrogens with two attached hydrogens (primary N) is 1. The van der Waals surface area contributed by atoms with Crippen molar-refractivity contribution >= 4 is 11.5 Å². The van der Waals surface area contributed by atoms with Crippen LogP contribution in [0.25, 0.3) is 5.57 Å². The number of hydrogen-bond acceptors (Lipinski definition) is 3. The lowest BCUT2D eigenvalue weighted by Crippen LogP contribution is -2.46. The summed E-state index contributed by atoms with van der Waals surface area (Å²) in [5.74, 6) is -0.0368. The van der Waals surface area contributed by atoms with Gasteiger partial charge in [0, 0.05) is 12.0 Å². The number of aliphatic hydroxyl groups is 1. The normalized spacial score (nSPS) is 17.2. The first-order valence-corrected chi connectivity index (χ1v) is 8.31. The fourth-order valence-electron chi connectivity index (χ4n) is 2.52. The van der Waals surface area contributed by atoms with Gasteiger partial charge in [-0.05, 0) is 68.3 Å². The van der Waals surface area contributed by atoms with Gasteiger partial charge in [0.2, 0.25) is 5.91 Å². The van der Waals surface area contributed by atoms with Crippen molar-refractivity contribution in [3.63, 3.8) is 0 Å². The molecule has 1 amide bonds. The first kappa shape index (κ1) is 19.7. The Kier molecular flexibility index (Phi) is 5.83. The largest absolute Gasteiger partial charge is 0.485 e. The fraction of sp³-hybridized carbons (Fsp3) is 0.286. The lowest BCUT2D eigenvalue weighted by Gasteiger charge is -2.37. The molecule has 0 fully saturated rings. The molecule has 0 spiro atoms. The SMILES string of the molecule is C=C(C)c1ccc2c(c1)C[C@@H](O)C(C)(C)O2.NC(=O)c1ccc(F)cc1. The van der Waals surface area contributed by atoms with Crippen LogP contribution in [-0.4, -0.2) is 22.7 Å². The van der Waals surface area contributed by atoms with Crippen LogP contribution in [0.5, 0.6) is 5.75 Å². The minimum Gasteiger partial charge on any atom is -0.485 e. The molecule has 1 heterocycles. The van der Waals surface area contributed by atoms with E-state index in [4.69, 9.17) is 10.5 Å². The Labute approximate surface area is 153 Å². The van der Waals surface area contributed by atoms with Crippen molar-refractivity contribution in [2.24, 2.45) is 5.73 Å². The summed E-state index contributed by atoms with van der Waals surface area (Å²) in [6.45, 7) is 9.72. The summed E-state index contributed by atoms with van der Waals surface area (Å²) >= 11 is 0. The number of hydrogen-bond donors (Lipinski definition) is 2. The number of rotatable bonds is 2. The van der Waals surface area contributed by atoms with Crippen molar-refractivity contribution in [3.05, 3.63) is 71.6 Å². The Hall–Kier alpha value is -2.66. The third kappa shape index (κ3) is 4.70. The highest BCUT2D eigenvalue weighted by Crippen LogP contribution is 2.34. The lowest BCUT2D eigenvalue weighted by atomic mass is 9.90. The molecule has 1 aliphatic rings. The van der Waals surface area contributed by atoms with E-state index in [1.807, 2.05) is 32.9 Å². The Morgan fingerprint density at radius 1 is 1.23 bits per heavy atom. The maximum absolute atomic E-state index is 12.2. The summed E-state index contributed by atoms with van der Waals surface area (Å²) in [5.41, 5.74) is 7.92. The Balaban J connectivity index is 0.000000209. The van der Waals surface area contributed by atoms with E-state index in [2.05, 4.69) is 12.6 Å². The van der Waals surface area contributed by atoms with Gasteiger partial charge in [-0.3, -0.25) is 4.79 Å². The molecule has 2 aromatic carbocycles. The number of halogens is 1. The van der Waals surface area contributed by atoms with Crippen LogP contribution in [0.4, 0.5) is 4.39 Å². The molecule has 0 unspecified atom stereocenters. The van der Waals surface area contributed by atoms with E-state index < -0.39 is 17.6 Å². The summed E-state index contributed by atoms with van der Waals surface area (Å²) in [6.07, 6.45) is 0.184. The Morgan fingerprint density at radius 3 is 2.35 bits per heavy atom. The highest BCUT2D eigenvalue weighted by atomic mass is 19.1. The zero-order valence-electron chi connectivity index (χ0n) is 15.3. The van der Waals surface area contributed by atoms with Crippen molar-refractivity contribution in [2.75, 3.05) is 0 Å². The molecule has 1 aliphatic heterocycles. The summed E-state index contributed by atoms with van der Waals surface area (Å²) in [5, 5.41) is 9.97. The van der Waals surface area contributed by atoms with Crippen LogP contribution < -0.4 is 10.5 Å². The summed E-state index contributed by atoms with van der Waals surface area (Å²) in [7, 11) is 0. The summed E-state index contributed by atoms with van der Waals surface area (Å²) in [4.78, 5) is 10.4. The zero-order chi connectivity index (χ0) is 19.5. The minimum atomic E-state index is -0.542. The van der Waals surface area contributed by atoms with E-state index in [0.717, 1.165) is 22.4 Å². The van der Waals surface area contributed by atoms with Gasteiger partial charge >= 0.3 is 0 Å². The molecule has 3 rings (SSSR count). The van der Waals surface area contributed by atoms with Crippen molar-refractivity contribution in [2.45, 2.75) is 38.9 Å². The van der Waals surface area contributed by atoms with Crippen LogP contribution in [-0.2, 0) is 6.42 Å². The van der Waals surface area contributed by atoms with Crippen LogP contribution in [0.1, 0.15) is 42.3 Å². The van der Waals surface area contributed by atoms with Gasteiger partial charge in [0.25, 0.3) is 0 Å². The van der Waals surface area contributed by atoms with Crippen LogP contribution in [0.3, 0.4) is 0 Å². The second kappa shape index (κ2) is 7.70. The molecular formula is C21H24FNO3. The number of allylic oxidation sites excluding steroid dienone is 1. The molecule has 0 bridgehead atoms. The number of aliphatic hydroxyl groups excluding tert-OH is 1. The average molecular weight is 357 g/mol. The van der Waals surface area contributed by atoms with E-state index in [0.29, 0.717) is 12.0 Å². The highest BCUT2D eigenvalue weighted by molar-refractivity contribution is 5.92. The van der Waals surface area contributed by atoms with Crippen molar-refractivity contribution < 1.29 is 19.0 Å². The lowest BCUT2D eigenvalue weighted by molar-refractivity contribution is -0.0411. The molecule has 1 atom stereocenters. The van der Waals surface area contributed by atoms with Gasteiger partial charge in [0.1, 0.15) is 17.2 Å². The van der Waals surface area contributed by atoms with Crippen LogP contribution >= 0.6 is 0 Å². The Morgan fingerprint density at radius 2 is 1.81 bits per heavy atom. The Bertz CT molecular complexity index is 813. The molecule has 26 heavy (non-hydrogen) atoms. The first-order chi connectivity index (χ1) is 12.1. The topological polar surface area (TPSA) is 72.6 Å². The molecular weight excluding hydrogens is 333 g/mol. The van der Waals surface area contributed by atoms with Gasteiger partial charge in [-0.15, -0.1) is 0 Å². The molecule has 4 nitrogen and oxygen atoms in total. The van der Waals surface area contributed by atoms with Crippen molar-refractivity contribution in [3.8, 4) is 5.75 Å². The summed E-state index contributed by atoms with van der Waals surface area (Å²) in [6, 6.07) is 11.1. The van der Waals surface area contributed by atoms with Crippen molar-refractivity contribution in [1.82, 2.24) is 0 Å². The van der Waals surface area contributed by atoms with Crippen molar-refractivity contribution in [1.29, 1.82) is 0 Å². The number of amides is 1. The van der Waals surface area contributed by atoms with Gasteiger partial charge in [0.05, 0.1) is 6.10 Å². The number of ether oxygens (including phenoxy) is 1. The predicted octanol–water partition coefficient (Wildman–Crippen LogP) is 3.72. The molecule has 3 N–H and O–H groups in total. The van der Waals surface area contributed by atoms with E-state index in [1.54, 1.807) is 0 Å². The third-order valence-electron chi connectivity index (χ3n) is 4.27. The van der Waals surface area contributed by atoms with Crippen LogP contribution in [0, 0.1) is 5.82 Å². The summed E-state index contributed by atoms with van der Waals surface area (Å²) < 4.78 is 18.0. The smallest absolute Gasteiger partial charge is 0.248 e. The monoisotopic (exact) mass is 357 g/mol. The van der Waals surface area contributed by atoms with Gasteiger partial charge in [-0.2, -0.15) is 0 Å². The van der Waals surface area contributed by atoms with Crippen LogP contribution in [0.15, 0.2) is 49.0 Å². The third-order valence-corrected chi connectivity index (χ3v) is 4.27. The molecule has 5 heteroatoms. The van der Waals surface area contributed by atoms with E-state index in [-0.39, 0.29) is 5.82 Å². The number of carbonyl (C=O) groups is 1. The molecule has 0 radical (unpaired) electrons. The van der Waals surface area contributed by atoms with E-state index in [9.17, 15) is 14.3 Å². The number of primary amides is 1. The van der Waals surface area contributed by atoms with Crippen LogP contribution in [0.2, 0.25) is 0 Å². The van der Waals surface area contributed by atoms with Gasteiger partial charge in [0.15, 0.2) is 0 Å². The fourth-order valence-corrected chi connectivity index (χ4v) is 2.52. The zero-order valence-corrected chi connectivity index (χ0v) is 15.3. The predicted molar refractivity (Wildman–Crippen MR) is 100 cm³/mol. The van der Waals surface area contributed by atoms with Gasteiger partial charge < -0.3 is 15.6 Å². The highest BCUT2D eigenvalue weighted by Gasteiger charge is 2.35. The molecule has 138 valence electrons. The second-order valence-electron chi connectivity index (χ2n) is 6.90. The van der Waals surface area contributed by atoms with Gasteiger partial charge in [-0.25, -0.2) is 4.39 Å². The van der Waals surface area contributed by atoms with E-state index >= 15 is 0 Å².